The lowest BCUT2D eigenvalue weighted by Gasteiger charge is -2.34. The first-order valence-corrected chi connectivity index (χ1v) is 16.5. The van der Waals surface area contributed by atoms with E-state index in [0.717, 1.165) is 25.4 Å². The van der Waals surface area contributed by atoms with Crippen molar-refractivity contribution in [2.24, 2.45) is 17.8 Å². The molecule has 3 aliphatic rings. The Hall–Kier alpha value is -3.13. The molecule has 3 fully saturated rings. The lowest BCUT2D eigenvalue weighted by Crippen LogP contribution is -2.43. The number of benzene rings is 1. The predicted octanol–water partition coefficient (Wildman–Crippen LogP) is 8.20. The summed E-state index contributed by atoms with van der Waals surface area (Å²) in [5, 5.41) is 9.75. The molecular formula is C39H54N2O2. The first kappa shape index (κ1) is 34.4. The zero-order valence-electron chi connectivity index (χ0n) is 26.5. The number of rotatable bonds is 12. The average Bonchev–Trinajstić information content (AvgIpc) is 3.46. The Morgan fingerprint density at radius 2 is 1.58 bits per heavy atom. The predicted molar refractivity (Wildman–Crippen MR) is 180 cm³/mol. The SMILES string of the molecule is C=C/C=C\C=C.Cc1ccccc1CCCC1CCN(CC2CCN(C(CC3CCC3)C(=O)O)C2)CC1.c1ccccc#1. The monoisotopic (exact) mass is 582 g/mol. The molecule has 232 valence electrons. The Morgan fingerprint density at radius 3 is 2.12 bits per heavy atom. The second kappa shape index (κ2) is 19.9. The lowest BCUT2D eigenvalue weighted by molar-refractivity contribution is -0.144. The molecule has 2 aromatic carbocycles. The van der Waals surface area contributed by atoms with Crippen LogP contribution in [0.4, 0.5) is 0 Å². The third-order valence-electron chi connectivity index (χ3n) is 9.30. The number of aryl methyl sites for hydroxylation is 2. The molecule has 2 atom stereocenters. The Kier molecular flexibility index (Phi) is 15.9. The topological polar surface area (TPSA) is 43.8 Å². The number of allylic oxidation sites excluding steroid dienone is 4. The minimum atomic E-state index is -0.598. The van der Waals surface area contributed by atoms with Crippen LogP contribution in [0, 0.1) is 36.8 Å². The molecule has 0 aromatic heterocycles. The summed E-state index contributed by atoms with van der Waals surface area (Å²) < 4.78 is 0. The molecule has 1 N–H and O–H groups in total. The van der Waals surface area contributed by atoms with Crippen molar-refractivity contribution in [3.05, 3.63) is 109 Å². The van der Waals surface area contributed by atoms with Crippen molar-refractivity contribution in [2.75, 3.05) is 32.7 Å². The van der Waals surface area contributed by atoms with Gasteiger partial charge in [0.25, 0.3) is 0 Å². The number of carboxylic acids is 1. The fourth-order valence-corrected chi connectivity index (χ4v) is 6.50. The smallest absolute Gasteiger partial charge is 0.320 e. The van der Waals surface area contributed by atoms with Crippen molar-refractivity contribution >= 4 is 5.97 Å². The fourth-order valence-electron chi connectivity index (χ4n) is 6.50. The molecule has 0 spiro atoms. The van der Waals surface area contributed by atoms with Crippen molar-refractivity contribution in [1.29, 1.82) is 0 Å². The standard InChI is InChI=1S/C27H42N2O2.C6H4.C6H8/c1-21-6-2-3-10-25(21)11-5-7-22-12-15-28(16-13-22)19-24-14-17-29(20-24)26(27(30)31)18-23-8-4-9-23;1-2-4-6-5-3-1;1-3-5-6-4-2/h2-3,6,10,22-24,26H,4-5,7-9,11-20H2,1H3,(H,30,31);1-4H;3-6H,1-2H2/b;;6-5-. The second-order valence-corrected chi connectivity index (χ2v) is 12.5. The van der Waals surface area contributed by atoms with E-state index in [0.29, 0.717) is 11.8 Å². The van der Waals surface area contributed by atoms with Gasteiger partial charge in [0.1, 0.15) is 6.04 Å². The van der Waals surface area contributed by atoms with Crippen LogP contribution in [0.15, 0.2) is 86.0 Å². The number of aliphatic carboxylic acids is 1. The van der Waals surface area contributed by atoms with Crippen molar-refractivity contribution in [1.82, 2.24) is 9.80 Å². The Morgan fingerprint density at radius 1 is 0.930 bits per heavy atom. The first-order chi connectivity index (χ1) is 21.0. The number of likely N-dealkylation sites (tertiary alicyclic amines) is 2. The number of hydrogen-bond donors (Lipinski definition) is 1. The number of carbonyl (C=O) groups is 1. The van der Waals surface area contributed by atoms with Gasteiger partial charge in [0.15, 0.2) is 0 Å². The van der Waals surface area contributed by atoms with E-state index >= 15 is 0 Å². The molecular weight excluding hydrogens is 528 g/mol. The van der Waals surface area contributed by atoms with Crippen LogP contribution in [0.5, 0.6) is 0 Å². The maximum Gasteiger partial charge on any atom is 0.320 e. The van der Waals surface area contributed by atoms with Crippen molar-refractivity contribution < 1.29 is 9.90 Å². The minimum absolute atomic E-state index is 0.241. The third-order valence-corrected chi connectivity index (χ3v) is 9.30. The number of nitrogens with zero attached hydrogens (tertiary/aromatic N) is 2. The zero-order chi connectivity index (χ0) is 30.7. The number of carboxylic acid groups (broad SMARTS) is 1. The van der Waals surface area contributed by atoms with Gasteiger partial charge in [0.05, 0.1) is 0 Å². The van der Waals surface area contributed by atoms with E-state index in [9.17, 15) is 9.90 Å². The molecule has 43 heavy (non-hydrogen) atoms. The molecule has 0 radical (unpaired) electrons. The van der Waals surface area contributed by atoms with E-state index in [-0.39, 0.29) is 6.04 Å². The highest BCUT2D eigenvalue weighted by Gasteiger charge is 2.36. The van der Waals surface area contributed by atoms with E-state index in [2.05, 4.69) is 66.3 Å². The van der Waals surface area contributed by atoms with Crippen LogP contribution in [0.1, 0.15) is 68.9 Å². The number of piperidine rings is 1. The van der Waals surface area contributed by atoms with Gasteiger partial charge in [-0.05, 0) is 106 Å². The molecule has 4 heteroatoms. The maximum absolute atomic E-state index is 11.8. The summed E-state index contributed by atoms with van der Waals surface area (Å²) in [5.41, 5.74) is 2.95. The number of hydrogen-bond acceptors (Lipinski definition) is 3. The van der Waals surface area contributed by atoms with Gasteiger partial charge in [-0.3, -0.25) is 9.69 Å². The van der Waals surface area contributed by atoms with Crippen molar-refractivity contribution in [3.63, 3.8) is 0 Å². The highest BCUT2D eigenvalue weighted by atomic mass is 16.4. The highest BCUT2D eigenvalue weighted by molar-refractivity contribution is 5.73. The summed E-state index contributed by atoms with van der Waals surface area (Å²) in [7, 11) is 0. The first-order valence-electron chi connectivity index (χ1n) is 16.5. The van der Waals surface area contributed by atoms with Crippen LogP contribution >= 0.6 is 0 Å². The fraction of sp³-hybridized carbons (Fsp3) is 0.513. The van der Waals surface area contributed by atoms with Gasteiger partial charge < -0.3 is 10.0 Å². The summed E-state index contributed by atoms with van der Waals surface area (Å²) in [6.45, 7) is 14.7. The molecule has 2 saturated heterocycles. The summed E-state index contributed by atoms with van der Waals surface area (Å²) in [4.78, 5) is 16.8. The normalized spacial score (nSPS) is 20.1. The lowest BCUT2D eigenvalue weighted by atomic mass is 9.80. The molecule has 2 heterocycles. The molecule has 2 aromatic rings. The Bertz CT molecular complexity index is 1050. The van der Waals surface area contributed by atoms with Crippen LogP contribution in [0.25, 0.3) is 0 Å². The quantitative estimate of drug-likeness (QED) is 0.256. The Labute approximate surface area is 262 Å². The second-order valence-electron chi connectivity index (χ2n) is 12.5. The highest BCUT2D eigenvalue weighted by Crippen LogP contribution is 2.33. The van der Waals surface area contributed by atoms with Crippen molar-refractivity contribution in [2.45, 2.75) is 77.2 Å². The van der Waals surface area contributed by atoms with Crippen LogP contribution in [-0.2, 0) is 11.2 Å². The molecule has 5 rings (SSSR count). The molecule has 2 aliphatic heterocycles. The van der Waals surface area contributed by atoms with E-state index in [1.165, 1.54) is 88.5 Å². The van der Waals surface area contributed by atoms with Gasteiger partial charge in [-0.15, -0.1) is 0 Å². The third kappa shape index (κ3) is 13.0. The van der Waals surface area contributed by atoms with E-state index in [1.54, 1.807) is 12.2 Å². The van der Waals surface area contributed by atoms with Gasteiger partial charge in [-0.25, -0.2) is 0 Å². The molecule has 4 nitrogen and oxygen atoms in total. The zero-order valence-corrected chi connectivity index (χ0v) is 26.5. The van der Waals surface area contributed by atoms with Crippen LogP contribution in [0.3, 0.4) is 0 Å². The summed E-state index contributed by atoms with van der Waals surface area (Å²) in [5.74, 6) is 1.60. The molecule has 0 amide bonds. The van der Waals surface area contributed by atoms with E-state index in [1.807, 2.05) is 36.4 Å². The van der Waals surface area contributed by atoms with Crippen LogP contribution in [0.2, 0.25) is 0 Å². The van der Waals surface area contributed by atoms with Crippen LogP contribution in [-0.4, -0.2) is 59.6 Å². The summed E-state index contributed by atoms with van der Waals surface area (Å²) in [6.07, 6.45) is 19.4. The van der Waals surface area contributed by atoms with E-state index in [4.69, 9.17) is 0 Å². The maximum atomic E-state index is 11.8. The van der Waals surface area contributed by atoms with Gasteiger partial charge in [0, 0.05) is 13.1 Å². The largest absolute Gasteiger partial charge is 0.480 e. The molecule has 1 aliphatic carbocycles. The van der Waals surface area contributed by atoms with E-state index < -0.39 is 5.97 Å². The van der Waals surface area contributed by atoms with Gasteiger partial charge in [-0.1, -0.05) is 112 Å². The molecule has 1 saturated carbocycles. The average molecular weight is 583 g/mol. The van der Waals surface area contributed by atoms with Gasteiger partial charge >= 0.3 is 5.97 Å². The van der Waals surface area contributed by atoms with Gasteiger partial charge in [-0.2, -0.15) is 0 Å². The minimum Gasteiger partial charge on any atom is -0.480 e. The molecule has 0 bridgehead atoms. The van der Waals surface area contributed by atoms with Crippen LogP contribution < -0.4 is 0 Å². The summed E-state index contributed by atoms with van der Waals surface area (Å²) >= 11 is 0. The molecule has 2 unspecified atom stereocenters. The van der Waals surface area contributed by atoms with Crippen molar-refractivity contribution in [3.8, 4) is 0 Å². The summed E-state index contributed by atoms with van der Waals surface area (Å²) in [6, 6.07) is 21.6. The van der Waals surface area contributed by atoms with Gasteiger partial charge in [0.2, 0.25) is 0 Å². The Balaban J connectivity index is 0.000000352.